The first kappa shape index (κ1) is 18.7. The van der Waals surface area contributed by atoms with Crippen LogP contribution in [0.25, 0.3) is 0 Å². The average Bonchev–Trinajstić information content (AvgIpc) is 2.66. The molecular formula is C20H19Cl2NO3. The summed E-state index contributed by atoms with van der Waals surface area (Å²) in [4.78, 5) is 24.5. The van der Waals surface area contributed by atoms with Gasteiger partial charge in [-0.2, -0.15) is 0 Å². The standard InChI is InChI=1S/C20H19Cl2NO3/c21-15-8-11-17(22)18(12-15)23-19(24)13-6-9-16(10-7-13)26-20(25)14-4-2-1-3-5-14/h6-12,14H,1-5H2,(H,23,24). The minimum Gasteiger partial charge on any atom is -0.426 e. The van der Waals surface area contributed by atoms with Gasteiger partial charge in [-0.25, -0.2) is 0 Å². The summed E-state index contributed by atoms with van der Waals surface area (Å²) in [7, 11) is 0. The number of carbonyl (C=O) groups excluding carboxylic acids is 2. The molecule has 0 aliphatic heterocycles. The molecule has 3 rings (SSSR count). The third kappa shape index (κ3) is 4.77. The van der Waals surface area contributed by atoms with E-state index in [1.165, 1.54) is 6.42 Å². The quantitative estimate of drug-likeness (QED) is 0.534. The summed E-state index contributed by atoms with van der Waals surface area (Å²) in [5, 5.41) is 3.60. The molecule has 0 heterocycles. The Morgan fingerprint density at radius 3 is 2.35 bits per heavy atom. The van der Waals surface area contributed by atoms with Gasteiger partial charge in [0.25, 0.3) is 5.91 Å². The Kier molecular flexibility index (Phi) is 6.17. The summed E-state index contributed by atoms with van der Waals surface area (Å²) in [6, 6.07) is 11.3. The van der Waals surface area contributed by atoms with Crippen LogP contribution in [0.4, 0.5) is 5.69 Å². The number of benzene rings is 2. The number of anilines is 1. The van der Waals surface area contributed by atoms with E-state index in [1.807, 2.05) is 0 Å². The highest BCUT2D eigenvalue weighted by molar-refractivity contribution is 6.35. The zero-order valence-electron chi connectivity index (χ0n) is 14.1. The largest absolute Gasteiger partial charge is 0.426 e. The molecule has 1 saturated carbocycles. The molecule has 0 atom stereocenters. The summed E-state index contributed by atoms with van der Waals surface area (Å²) >= 11 is 12.0. The average molecular weight is 392 g/mol. The molecule has 2 aromatic rings. The van der Waals surface area contributed by atoms with Crippen LogP contribution in [0.3, 0.4) is 0 Å². The van der Waals surface area contributed by atoms with E-state index in [2.05, 4.69) is 5.32 Å². The number of halogens is 2. The normalized spacial score (nSPS) is 14.7. The molecule has 0 spiro atoms. The predicted molar refractivity (Wildman–Crippen MR) is 103 cm³/mol. The van der Waals surface area contributed by atoms with Gasteiger partial charge in [0.05, 0.1) is 16.6 Å². The highest BCUT2D eigenvalue weighted by Crippen LogP contribution is 2.27. The van der Waals surface area contributed by atoms with Gasteiger partial charge in [0.1, 0.15) is 5.75 Å². The number of ether oxygens (including phenoxy) is 1. The molecule has 0 saturated heterocycles. The van der Waals surface area contributed by atoms with Crippen molar-refractivity contribution in [2.75, 3.05) is 5.32 Å². The highest BCUT2D eigenvalue weighted by atomic mass is 35.5. The summed E-state index contributed by atoms with van der Waals surface area (Å²) in [5.74, 6) is -0.0819. The molecule has 1 amide bonds. The van der Waals surface area contributed by atoms with Crippen molar-refractivity contribution in [3.63, 3.8) is 0 Å². The maximum Gasteiger partial charge on any atom is 0.314 e. The Morgan fingerprint density at radius 1 is 0.962 bits per heavy atom. The van der Waals surface area contributed by atoms with Gasteiger partial charge in [-0.05, 0) is 55.3 Å². The number of rotatable bonds is 4. The molecular weight excluding hydrogens is 373 g/mol. The molecule has 0 aromatic heterocycles. The minimum absolute atomic E-state index is 0.0169. The van der Waals surface area contributed by atoms with E-state index >= 15 is 0 Å². The maximum atomic E-state index is 12.3. The van der Waals surface area contributed by atoms with Crippen LogP contribution in [0.1, 0.15) is 42.5 Å². The third-order valence-electron chi connectivity index (χ3n) is 4.45. The van der Waals surface area contributed by atoms with E-state index in [0.29, 0.717) is 27.0 Å². The van der Waals surface area contributed by atoms with Gasteiger partial charge < -0.3 is 10.1 Å². The van der Waals surface area contributed by atoms with Crippen LogP contribution < -0.4 is 10.1 Å². The molecule has 0 radical (unpaired) electrons. The zero-order chi connectivity index (χ0) is 18.5. The van der Waals surface area contributed by atoms with Crippen molar-refractivity contribution >= 4 is 40.8 Å². The van der Waals surface area contributed by atoms with Gasteiger partial charge in [-0.15, -0.1) is 0 Å². The van der Waals surface area contributed by atoms with E-state index in [-0.39, 0.29) is 17.8 Å². The SMILES string of the molecule is O=C(Nc1cc(Cl)ccc1Cl)c1ccc(OC(=O)C2CCCCC2)cc1. The number of carbonyl (C=O) groups is 2. The first-order chi connectivity index (χ1) is 12.5. The monoisotopic (exact) mass is 391 g/mol. The fourth-order valence-corrected chi connectivity index (χ4v) is 3.34. The molecule has 0 bridgehead atoms. The molecule has 1 fully saturated rings. The van der Waals surface area contributed by atoms with Crippen molar-refractivity contribution in [1.82, 2.24) is 0 Å². The Hall–Kier alpha value is -2.04. The predicted octanol–water partition coefficient (Wildman–Crippen LogP) is 5.73. The lowest BCUT2D eigenvalue weighted by atomic mass is 9.89. The van der Waals surface area contributed by atoms with Gasteiger partial charge >= 0.3 is 5.97 Å². The van der Waals surface area contributed by atoms with Crippen molar-refractivity contribution in [1.29, 1.82) is 0 Å². The maximum absolute atomic E-state index is 12.3. The zero-order valence-corrected chi connectivity index (χ0v) is 15.6. The Bertz CT molecular complexity index is 799. The van der Waals surface area contributed by atoms with Gasteiger partial charge in [0.15, 0.2) is 0 Å². The molecule has 26 heavy (non-hydrogen) atoms. The first-order valence-corrected chi connectivity index (χ1v) is 9.36. The van der Waals surface area contributed by atoms with Gasteiger partial charge in [0.2, 0.25) is 0 Å². The van der Waals surface area contributed by atoms with Crippen molar-refractivity contribution in [2.24, 2.45) is 5.92 Å². The lowest BCUT2D eigenvalue weighted by molar-refractivity contribution is -0.139. The molecule has 1 N–H and O–H groups in total. The first-order valence-electron chi connectivity index (χ1n) is 8.61. The Labute approximate surface area is 162 Å². The van der Waals surface area contributed by atoms with Crippen LogP contribution in [-0.4, -0.2) is 11.9 Å². The minimum atomic E-state index is -0.320. The number of amides is 1. The fraction of sp³-hybridized carbons (Fsp3) is 0.300. The molecule has 2 aromatic carbocycles. The fourth-order valence-electron chi connectivity index (χ4n) is 3.00. The molecule has 6 heteroatoms. The van der Waals surface area contributed by atoms with Crippen molar-refractivity contribution in [2.45, 2.75) is 32.1 Å². The van der Waals surface area contributed by atoms with Crippen LogP contribution in [0, 0.1) is 5.92 Å². The summed E-state index contributed by atoms with van der Waals surface area (Å²) in [6.07, 6.45) is 5.11. The van der Waals surface area contributed by atoms with Crippen molar-refractivity contribution in [3.05, 3.63) is 58.1 Å². The van der Waals surface area contributed by atoms with Gasteiger partial charge in [-0.3, -0.25) is 9.59 Å². The van der Waals surface area contributed by atoms with Gasteiger partial charge in [0, 0.05) is 10.6 Å². The van der Waals surface area contributed by atoms with E-state index in [4.69, 9.17) is 27.9 Å². The Balaban J connectivity index is 1.62. The summed E-state index contributed by atoms with van der Waals surface area (Å²) in [6.45, 7) is 0. The van der Waals surface area contributed by atoms with E-state index in [9.17, 15) is 9.59 Å². The van der Waals surface area contributed by atoms with Crippen LogP contribution in [0.2, 0.25) is 10.0 Å². The van der Waals surface area contributed by atoms with Crippen LogP contribution >= 0.6 is 23.2 Å². The van der Waals surface area contributed by atoms with Crippen LogP contribution in [0.15, 0.2) is 42.5 Å². The number of nitrogens with one attached hydrogen (secondary N) is 1. The highest BCUT2D eigenvalue weighted by Gasteiger charge is 2.23. The molecule has 1 aliphatic rings. The number of esters is 1. The molecule has 0 unspecified atom stereocenters. The summed E-state index contributed by atoms with van der Waals surface area (Å²) < 4.78 is 5.43. The van der Waals surface area contributed by atoms with Crippen LogP contribution in [-0.2, 0) is 4.79 Å². The topological polar surface area (TPSA) is 55.4 Å². The lowest BCUT2D eigenvalue weighted by Gasteiger charge is -2.19. The van der Waals surface area contributed by atoms with E-state index in [0.717, 1.165) is 25.7 Å². The smallest absolute Gasteiger partial charge is 0.314 e. The lowest BCUT2D eigenvalue weighted by Crippen LogP contribution is -2.22. The Morgan fingerprint density at radius 2 is 1.65 bits per heavy atom. The molecule has 136 valence electrons. The van der Waals surface area contributed by atoms with E-state index in [1.54, 1.807) is 42.5 Å². The van der Waals surface area contributed by atoms with Gasteiger partial charge in [-0.1, -0.05) is 42.5 Å². The molecule has 1 aliphatic carbocycles. The summed E-state index contributed by atoms with van der Waals surface area (Å²) in [5.41, 5.74) is 0.871. The molecule has 4 nitrogen and oxygen atoms in total. The second kappa shape index (κ2) is 8.56. The van der Waals surface area contributed by atoms with E-state index < -0.39 is 0 Å². The van der Waals surface area contributed by atoms with Crippen molar-refractivity contribution in [3.8, 4) is 5.75 Å². The van der Waals surface area contributed by atoms with Crippen molar-refractivity contribution < 1.29 is 14.3 Å². The van der Waals surface area contributed by atoms with Crippen LogP contribution in [0.5, 0.6) is 5.75 Å². The third-order valence-corrected chi connectivity index (χ3v) is 5.01. The second-order valence-electron chi connectivity index (χ2n) is 6.36. The number of hydrogen-bond donors (Lipinski definition) is 1. The second-order valence-corrected chi connectivity index (χ2v) is 7.20. The number of hydrogen-bond acceptors (Lipinski definition) is 3.